The number of hydrogen-bond acceptors (Lipinski definition) is 5. The molecule has 11 heteroatoms. The van der Waals surface area contributed by atoms with Crippen molar-refractivity contribution >= 4 is 35.9 Å². The van der Waals surface area contributed by atoms with Gasteiger partial charge in [-0.3, -0.25) is 9.79 Å². The van der Waals surface area contributed by atoms with Crippen LogP contribution in [0.25, 0.3) is 0 Å². The van der Waals surface area contributed by atoms with Gasteiger partial charge in [-0.1, -0.05) is 13.0 Å². The van der Waals surface area contributed by atoms with Gasteiger partial charge >= 0.3 is 12.1 Å². The molecular formula is C17H24F3IN4O3. The fraction of sp³-hybridized carbons (Fsp3) is 0.588. The third kappa shape index (κ3) is 6.67. The van der Waals surface area contributed by atoms with E-state index in [1.807, 2.05) is 11.8 Å². The number of halogens is 4. The highest BCUT2D eigenvalue weighted by Crippen LogP contribution is 2.24. The third-order valence-corrected chi connectivity index (χ3v) is 4.29. The topological polar surface area (TPSA) is 76.1 Å². The molecule has 2 unspecified atom stereocenters. The molecule has 0 radical (unpaired) electrons. The van der Waals surface area contributed by atoms with Crippen LogP contribution in [0.3, 0.4) is 0 Å². The average Bonchev–Trinajstić information content (AvgIpc) is 3.01. The normalized spacial score (nSPS) is 19.8. The zero-order valence-electron chi connectivity index (χ0n) is 15.8. The smallest absolute Gasteiger partial charge is 0.422 e. The zero-order chi connectivity index (χ0) is 20.0. The molecule has 1 fully saturated rings. The monoisotopic (exact) mass is 516 g/mol. The molecule has 1 aromatic heterocycles. The van der Waals surface area contributed by atoms with Crippen LogP contribution >= 0.6 is 24.0 Å². The maximum Gasteiger partial charge on any atom is 0.422 e. The molecule has 158 valence electrons. The van der Waals surface area contributed by atoms with Gasteiger partial charge in [0, 0.05) is 38.4 Å². The Labute approximate surface area is 178 Å². The fourth-order valence-electron chi connectivity index (χ4n) is 2.94. The lowest BCUT2D eigenvalue weighted by molar-refractivity contribution is -0.154. The molecule has 0 aromatic carbocycles. The molecule has 0 spiro atoms. The molecule has 0 amide bonds. The van der Waals surface area contributed by atoms with Crippen molar-refractivity contribution in [1.29, 1.82) is 0 Å². The van der Waals surface area contributed by atoms with Crippen LogP contribution in [-0.2, 0) is 16.1 Å². The summed E-state index contributed by atoms with van der Waals surface area (Å²) in [7, 11) is 2.96. The lowest BCUT2D eigenvalue weighted by atomic mass is 9.99. The summed E-state index contributed by atoms with van der Waals surface area (Å²) >= 11 is 0. The Bertz CT molecular complexity index is 688. The molecule has 1 saturated heterocycles. The van der Waals surface area contributed by atoms with E-state index in [0.717, 1.165) is 0 Å². The van der Waals surface area contributed by atoms with Crippen LogP contribution in [0.2, 0.25) is 0 Å². The molecule has 2 heterocycles. The van der Waals surface area contributed by atoms with Crippen molar-refractivity contribution in [2.24, 2.45) is 16.8 Å². The predicted molar refractivity (Wildman–Crippen MR) is 108 cm³/mol. The second-order valence-electron chi connectivity index (χ2n) is 6.28. The number of hydrogen-bond donors (Lipinski definition) is 1. The molecule has 1 aliphatic rings. The first-order valence-electron chi connectivity index (χ1n) is 8.42. The van der Waals surface area contributed by atoms with Gasteiger partial charge in [0.2, 0.25) is 5.88 Å². The number of nitrogens with one attached hydrogen (secondary N) is 1. The van der Waals surface area contributed by atoms with Crippen molar-refractivity contribution in [3.63, 3.8) is 0 Å². The first-order chi connectivity index (χ1) is 12.7. The number of aromatic nitrogens is 1. The van der Waals surface area contributed by atoms with Crippen molar-refractivity contribution < 1.29 is 27.4 Å². The summed E-state index contributed by atoms with van der Waals surface area (Å²) < 4.78 is 46.8. The van der Waals surface area contributed by atoms with Crippen LogP contribution in [0.5, 0.6) is 5.88 Å². The van der Waals surface area contributed by atoms with Gasteiger partial charge in [-0.15, -0.1) is 24.0 Å². The Morgan fingerprint density at radius 3 is 2.75 bits per heavy atom. The molecule has 0 aliphatic carbocycles. The number of carbonyl (C=O) groups excluding carboxylic acids is 1. The van der Waals surface area contributed by atoms with E-state index < -0.39 is 12.8 Å². The summed E-state index contributed by atoms with van der Waals surface area (Å²) in [5.41, 5.74) is 0.472. The minimum Gasteiger partial charge on any atom is -0.469 e. The summed E-state index contributed by atoms with van der Waals surface area (Å²) in [6.07, 6.45) is -3.07. The van der Waals surface area contributed by atoms with Crippen LogP contribution in [0.1, 0.15) is 12.5 Å². The largest absolute Gasteiger partial charge is 0.469 e. The second-order valence-corrected chi connectivity index (χ2v) is 6.28. The highest BCUT2D eigenvalue weighted by Gasteiger charge is 2.37. The number of esters is 1. The van der Waals surface area contributed by atoms with E-state index in [9.17, 15) is 18.0 Å². The third-order valence-electron chi connectivity index (χ3n) is 4.29. The van der Waals surface area contributed by atoms with Crippen molar-refractivity contribution in [3.05, 3.63) is 23.9 Å². The van der Waals surface area contributed by atoms with Crippen LogP contribution < -0.4 is 10.1 Å². The van der Waals surface area contributed by atoms with Gasteiger partial charge in [0.05, 0.1) is 13.0 Å². The predicted octanol–water partition coefficient (Wildman–Crippen LogP) is 2.46. The number of methoxy groups -OCH3 is 1. The molecule has 7 nitrogen and oxygen atoms in total. The Kier molecular flexibility index (Phi) is 9.24. The Hall–Kier alpha value is -1.79. The SMILES string of the molecule is CN=C(NCc1cccnc1OCC(F)(F)F)N1CC(C)C(C(=O)OC)C1.I. The summed E-state index contributed by atoms with van der Waals surface area (Å²) in [5.74, 6) is 0.0344. The number of carbonyl (C=O) groups is 1. The van der Waals surface area contributed by atoms with Gasteiger partial charge in [-0.2, -0.15) is 13.2 Å². The molecule has 2 rings (SSSR count). The number of guanidine groups is 1. The summed E-state index contributed by atoms with van der Waals surface area (Å²) in [5, 5.41) is 3.09. The van der Waals surface area contributed by atoms with Crippen molar-refractivity contribution in [3.8, 4) is 5.88 Å². The lowest BCUT2D eigenvalue weighted by Gasteiger charge is -2.22. The molecule has 1 aromatic rings. The molecule has 0 bridgehead atoms. The Morgan fingerprint density at radius 1 is 1.43 bits per heavy atom. The van der Waals surface area contributed by atoms with Crippen molar-refractivity contribution in [2.75, 3.05) is 33.9 Å². The number of alkyl halides is 3. The second kappa shape index (κ2) is 10.7. The van der Waals surface area contributed by atoms with E-state index in [-0.39, 0.29) is 54.2 Å². The lowest BCUT2D eigenvalue weighted by Crippen LogP contribution is -2.40. The Balaban J connectivity index is 0.00000392. The highest BCUT2D eigenvalue weighted by molar-refractivity contribution is 14.0. The summed E-state index contributed by atoms with van der Waals surface area (Å²) in [6.45, 7) is 1.80. The van der Waals surface area contributed by atoms with Crippen LogP contribution in [0, 0.1) is 11.8 Å². The van der Waals surface area contributed by atoms with E-state index in [1.54, 1.807) is 19.2 Å². The first kappa shape index (κ1) is 24.2. The minimum atomic E-state index is -4.44. The minimum absolute atomic E-state index is 0. The van der Waals surface area contributed by atoms with Gasteiger partial charge in [-0.05, 0) is 12.0 Å². The maximum atomic E-state index is 12.4. The van der Waals surface area contributed by atoms with Gasteiger partial charge in [0.25, 0.3) is 0 Å². The van der Waals surface area contributed by atoms with E-state index in [0.29, 0.717) is 24.6 Å². The number of rotatable bonds is 5. The molecule has 28 heavy (non-hydrogen) atoms. The van der Waals surface area contributed by atoms with Crippen LogP contribution in [0.15, 0.2) is 23.3 Å². The molecule has 1 aliphatic heterocycles. The van der Waals surface area contributed by atoms with Gasteiger partial charge < -0.3 is 19.7 Å². The maximum absolute atomic E-state index is 12.4. The number of likely N-dealkylation sites (tertiary alicyclic amines) is 1. The fourth-order valence-corrected chi connectivity index (χ4v) is 2.94. The van der Waals surface area contributed by atoms with Gasteiger partial charge in [0.1, 0.15) is 0 Å². The van der Waals surface area contributed by atoms with E-state index in [4.69, 9.17) is 9.47 Å². The van der Waals surface area contributed by atoms with E-state index >= 15 is 0 Å². The number of aliphatic imine (C=N–C) groups is 1. The number of ether oxygens (including phenoxy) is 2. The molecule has 0 saturated carbocycles. The molecular weight excluding hydrogens is 492 g/mol. The van der Waals surface area contributed by atoms with Gasteiger partial charge in [-0.25, -0.2) is 4.98 Å². The zero-order valence-corrected chi connectivity index (χ0v) is 18.2. The standard InChI is InChI=1S/C17H23F3N4O3.HI/c1-11-8-24(9-13(11)15(25)26-3)16(21-2)23-7-12-5-4-6-22-14(12)27-10-17(18,19)20;/h4-6,11,13H,7-10H2,1-3H3,(H,21,23);1H. The first-order valence-corrected chi connectivity index (χ1v) is 8.42. The molecule has 2 atom stereocenters. The number of nitrogens with zero attached hydrogens (tertiary/aromatic N) is 3. The van der Waals surface area contributed by atoms with Crippen molar-refractivity contribution in [1.82, 2.24) is 15.2 Å². The Morgan fingerprint density at radius 2 is 2.14 bits per heavy atom. The van der Waals surface area contributed by atoms with Gasteiger partial charge in [0.15, 0.2) is 12.6 Å². The highest BCUT2D eigenvalue weighted by atomic mass is 127. The average molecular weight is 516 g/mol. The van der Waals surface area contributed by atoms with E-state index in [2.05, 4.69) is 15.3 Å². The van der Waals surface area contributed by atoms with Crippen LogP contribution in [0.4, 0.5) is 13.2 Å². The van der Waals surface area contributed by atoms with E-state index in [1.165, 1.54) is 13.3 Å². The summed E-state index contributed by atoms with van der Waals surface area (Å²) in [6, 6.07) is 3.24. The quantitative estimate of drug-likeness (QED) is 0.281. The van der Waals surface area contributed by atoms with Crippen LogP contribution in [-0.4, -0.2) is 61.8 Å². The summed E-state index contributed by atoms with van der Waals surface area (Å²) in [4.78, 5) is 21.8. The molecule has 1 N–H and O–H groups in total. The van der Waals surface area contributed by atoms with Crippen molar-refractivity contribution in [2.45, 2.75) is 19.6 Å². The number of pyridine rings is 1.